The molecule has 1 saturated heterocycles. The van der Waals surface area contributed by atoms with E-state index >= 15 is 0 Å². The van der Waals surface area contributed by atoms with Gasteiger partial charge in [0.2, 0.25) is 0 Å². The molecule has 3 nitrogen and oxygen atoms in total. The highest BCUT2D eigenvalue weighted by Gasteiger charge is 2.41. The molecule has 114 valence electrons. The van der Waals surface area contributed by atoms with Crippen LogP contribution in [0, 0.1) is 17.6 Å². The van der Waals surface area contributed by atoms with E-state index in [1.165, 1.54) is 18.2 Å². The summed E-state index contributed by atoms with van der Waals surface area (Å²) >= 11 is 0. The normalized spacial score (nSPS) is 21.1. The fourth-order valence-electron chi connectivity index (χ4n) is 3.07. The second-order valence-corrected chi connectivity index (χ2v) is 5.37. The molecule has 1 N–H and O–H groups in total. The number of anilines is 1. The topological polar surface area (TPSA) is 40.5 Å². The lowest BCUT2D eigenvalue weighted by molar-refractivity contribution is -0.141. The first-order chi connectivity index (χ1) is 10.6. The number of aliphatic carboxylic acids is 1. The zero-order chi connectivity index (χ0) is 15.7. The Hall–Kier alpha value is -2.43. The SMILES string of the molecule is O=C(O)C1CCN(c2ccc(F)cc2)C1c1ccccc1F. The van der Waals surface area contributed by atoms with Gasteiger partial charge < -0.3 is 10.0 Å². The summed E-state index contributed by atoms with van der Waals surface area (Å²) in [4.78, 5) is 13.3. The summed E-state index contributed by atoms with van der Waals surface area (Å²) < 4.78 is 27.2. The minimum atomic E-state index is -0.946. The Bertz CT molecular complexity index is 687. The summed E-state index contributed by atoms with van der Waals surface area (Å²) in [6.07, 6.45) is 0.422. The van der Waals surface area contributed by atoms with Gasteiger partial charge in [0.05, 0.1) is 12.0 Å². The summed E-state index contributed by atoms with van der Waals surface area (Å²) in [6.45, 7) is 0.488. The quantitative estimate of drug-likeness (QED) is 0.941. The van der Waals surface area contributed by atoms with Crippen LogP contribution in [0.5, 0.6) is 0 Å². The van der Waals surface area contributed by atoms with Crippen molar-refractivity contribution >= 4 is 11.7 Å². The molecule has 0 aromatic heterocycles. The Morgan fingerprint density at radius 2 is 1.77 bits per heavy atom. The van der Waals surface area contributed by atoms with Gasteiger partial charge in [-0.2, -0.15) is 0 Å². The number of carboxylic acid groups (broad SMARTS) is 1. The molecule has 1 aliphatic heterocycles. The van der Waals surface area contributed by atoms with Gasteiger partial charge in [0.1, 0.15) is 11.6 Å². The summed E-state index contributed by atoms with van der Waals surface area (Å²) in [6, 6.07) is 11.4. The Morgan fingerprint density at radius 1 is 1.09 bits per heavy atom. The van der Waals surface area contributed by atoms with Crippen molar-refractivity contribution in [3.63, 3.8) is 0 Å². The van der Waals surface area contributed by atoms with Gasteiger partial charge in [-0.25, -0.2) is 8.78 Å². The van der Waals surface area contributed by atoms with E-state index in [1.807, 2.05) is 4.90 Å². The number of carbonyl (C=O) groups is 1. The molecule has 1 fully saturated rings. The standard InChI is InChI=1S/C17H15F2NO2/c18-11-5-7-12(8-6-11)20-10-9-14(17(21)22)16(20)13-3-1-2-4-15(13)19/h1-8,14,16H,9-10H2,(H,21,22). The van der Waals surface area contributed by atoms with Crippen molar-refractivity contribution in [2.24, 2.45) is 5.92 Å². The van der Waals surface area contributed by atoms with Gasteiger partial charge in [-0.3, -0.25) is 4.79 Å². The van der Waals surface area contributed by atoms with Gasteiger partial charge >= 0.3 is 5.97 Å². The average Bonchev–Trinajstić information content (AvgIpc) is 2.93. The van der Waals surface area contributed by atoms with Crippen LogP contribution in [-0.4, -0.2) is 17.6 Å². The molecule has 0 aliphatic carbocycles. The molecular weight excluding hydrogens is 288 g/mol. The third-order valence-electron chi connectivity index (χ3n) is 4.10. The van der Waals surface area contributed by atoms with Crippen LogP contribution in [0.15, 0.2) is 48.5 Å². The average molecular weight is 303 g/mol. The van der Waals surface area contributed by atoms with Gasteiger partial charge in [-0.15, -0.1) is 0 Å². The van der Waals surface area contributed by atoms with Crippen molar-refractivity contribution in [3.05, 3.63) is 65.7 Å². The maximum atomic E-state index is 14.2. The summed E-state index contributed by atoms with van der Waals surface area (Å²) in [5.41, 5.74) is 1.05. The molecule has 2 aromatic rings. The van der Waals surface area contributed by atoms with Crippen LogP contribution in [0.4, 0.5) is 14.5 Å². The zero-order valence-corrected chi connectivity index (χ0v) is 11.7. The first-order valence-corrected chi connectivity index (χ1v) is 7.07. The molecule has 1 heterocycles. The molecule has 0 amide bonds. The molecule has 0 spiro atoms. The van der Waals surface area contributed by atoms with E-state index in [1.54, 1.807) is 30.3 Å². The predicted octanol–water partition coefficient (Wildman–Crippen LogP) is 3.62. The van der Waals surface area contributed by atoms with E-state index in [2.05, 4.69) is 0 Å². The lowest BCUT2D eigenvalue weighted by Gasteiger charge is -2.29. The van der Waals surface area contributed by atoms with E-state index in [0.29, 0.717) is 24.2 Å². The maximum Gasteiger partial charge on any atom is 0.309 e. The Kier molecular flexibility index (Phi) is 3.79. The van der Waals surface area contributed by atoms with Crippen LogP contribution in [-0.2, 0) is 4.79 Å². The fourth-order valence-corrected chi connectivity index (χ4v) is 3.07. The molecular formula is C17H15F2NO2. The van der Waals surface area contributed by atoms with Gasteiger partial charge in [0.15, 0.2) is 0 Å². The van der Waals surface area contributed by atoms with Crippen molar-refractivity contribution in [2.75, 3.05) is 11.4 Å². The highest BCUT2D eigenvalue weighted by molar-refractivity contribution is 5.74. The van der Waals surface area contributed by atoms with Crippen molar-refractivity contribution < 1.29 is 18.7 Å². The van der Waals surface area contributed by atoms with Crippen LogP contribution in [0.3, 0.4) is 0 Å². The van der Waals surface area contributed by atoms with E-state index in [9.17, 15) is 18.7 Å². The number of nitrogens with zero attached hydrogens (tertiary/aromatic N) is 1. The van der Waals surface area contributed by atoms with Crippen molar-refractivity contribution in [1.29, 1.82) is 0 Å². The lowest BCUT2D eigenvalue weighted by atomic mass is 9.93. The maximum absolute atomic E-state index is 14.2. The summed E-state index contributed by atoms with van der Waals surface area (Å²) in [5, 5.41) is 9.44. The molecule has 0 saturated carbocycles. The number of hydrogen-bond acceptors (Lipinski definition) is 2. The Balaban J connectivity index is 2.04. The Morgan fingerprint density at radius 3 is 2.41 bits per heavy atom. The number of halogens is 2. The zero-order valence-electron chi connectivity index (χ0n) is 11.7. The largest absolute Gasteiger partial charge is 0.481 e. The first kappa shape index (κ1) is 14.5. The number of rotatable bonds is 3. The minimum Gasteiger partial charge on any atom is -0.481 e. The minimum absolute atomic E-state index is 0.358. The summed E-state index contributed by atoms with van der Waals surface area (Å²) in [7, 11) is 0. The van der Waals surface area contributed by atoms with Gasteiger partial charge in [0.25, 0.3) is 0 Å². The fraction of sp³-hybridized carbons (Fsp3) is 0.235. The number of carboxylic acids is 1. The third-order valence-corrected chi connectivity index (χ3v) is 4.10. The third kappa shape index (κ3) is 2.54. The van der Waals surface area contributed by atoms with Crippen LogP contribution < -0.4 is 4.90 Å². The van der Waals surface area contributed by atoms with Gasteiger partial charge in [-0.1, -0.05) is 18.2 Å². The molecule has 2 unspecified atom stereocenters. The van der Waals surface area contributed by atoms with Crippen molar-refractivity contribution in [3.8, 4) is 0 Å². The molecule has 0 radical (unpaired) electrons. The second-order valence-electron chi connectivity index (χ2n) is 5.37. The number of benzene rings is 2. The van der Waals surface area contributed by atoms with E-state index in [-0.39, 0.29) is 5.82 Å². The van der Waals surface area contributed by atoms with Crippen molar-refractivity contribution in [2.45, 2.75) is 12.5 Å². The molecule has 2 aromatic carbocycles. The Labute approximate surface area is 126 Å². The predicted molar refractivity (Wildman–Crippen MR) is 78.6 cm³/mol. The van der Waals surface area contributed by atoms with E-state index < -0.39 is 23.7 Å². The van der Waals surface area contributed by atoms with Gasteiger partial charge in [-0.05, 0) is 36.8 Å². The van der Waals surface area contributed by atoms with E-state index in [0.717, 1.165) is 0 Å². The van der Waals surface area contributed by atoms with Crippen molar-refractivity contribution in [1.82, 2.24) is 0 Å². The summed E-state index contributed by atoms with van der Waals surface area (Å²) in [5.74, 6) is -2.42. The van der Waals surface area contributed by atoms with Crippen LogP contribution in [0.2, 0.25) is 0 Å². The van der Waals surface area contributed by atoms with E-state index in [4.69, 9.17) is 0 Å². The molecule has 22 heavy (non-hydrogen) atoms. The first-order valence-electron chi connectivity index (χ1n) is 7.07. The molecule has 5 heteroatoms. The highest BCUT2D eigenvalue weighted by atomic mass is 19.1. The monoisotopic (exact) mass is 303 g/mol. The number of hydrogen-bond donors (Lipinski definition) is 1. The van der Waals surface area contributed by atoms with Crippen LogP contribution in [0.1, 0.15) is 18.0 Å². The molecule has 3 rings (SSSR count). The molecule has 0 bridgehead atoms. The smallest absolute Gasteiger partial charge is 0.309 e. The molecule has 1 aliphatic rings. The second kappa shape index (κ2) is 5.75. The van der Waals surface area contributed by atoms with Gasteiger partial charge in [0, 0.05) is 17.8 Å². The highest BCUT2D eigenvalue weighted by Crippen LogP contribution is 2.41. The van der Waals surface area contributed by atoms with Crippen LogP contribution >= 0.6 is 0 Å². The van der Waals surface area contributed by atoms with Crippen LogP contribution in [0.25, 0.3) is 0 Å². The molecule has 2 atom stereocenters. The lowest BCUT2D eigenvalue weighted by Crippen LogP contribution is -2.29.